The molecule has 3 aromatic rings. The molecule has 2 heterocycles. The van der Waals surface area contributed by atoms with E-state index in [4.69, 9.17) is 10.8 Å². The van der Waals surface area contributed by atoms with E-state index in [0.29, 0.717) is 11.3 Å². The van der Waals surface area contributed by atoms with Gasteiger partial charge in [-0.25, -0.2) is 4.79 Å². The molecule has 0 radical (unpaired) electrons. The maximum absolute atomic E-state index is 13.2. The Morgan fingerprint density at radius 1 is 1.13 bits per heavy atom. The second-order valence-electron chi connectivity index (χ2n) is 6.65. The van der Waals surface area contributed by atoms with Crippen molar-refractivity contribution in [3.63, 3.8) is 0 Å². The molecular formula is C21H17F3N4O3. The van der Waals surface area contributed by atoms with E-state index >= 15 is 0 Å². The number of benzene rings is 1. The first kappa shape index (κ1) is 21.8. The maximum atomic E-state index is 13.2. The molecule has 31 heavy (non-hydrogen) atoms. The number of halogens is 3. The molecule has 0 aliphatic heterocycles. The van der Waals surface area contributed by atoms with E-state index in [1.165, 1.54) is 24.4 Å². The number of pyridine rings is 2. The Balaban J connectivity index is 1.87. The number of aromatic carboxylic acids is 1. The van der Waals surface area contributed by atoms with Gasteiger partial charge in [-0.05, 0) is 29.8 Å². The van der Waals surface area contributed by atoms with Crippen molar-refractivity contribution in [1.29, 1.82) is 0 Å². The van der Waals surface area contributed by atoms with Crippen LogP contribution in [0.1, 0.15) is 43.1 Å². The average Bonchev–Trinajstić information content (AvgIpc) is 2.72. The number of nitrogens with two attached hydrogens (primary N) is 1. The maximum Gasteiger partial charge on any atom is 0.416 e. The molecule has 1 aromatic carbocycles. The molecule has 2 aromatic heterocycles. The largest absolute Gasteiger partial charge is 0.478 e. The number of carboxylic acid groups (broad SMARTS) is 1. The minimum atomic E-state index is -4.55. The summed E-state index contributed by atoms with van der Waals surface area (Å²) in [6.07, 6.45) is -0.925. The van der Waals surface area contributed by atoms with Gasteiger partial charge in [-0.3, -0.25) is 14.8 Å². The van der Waals surface area contributed by atoms with E-state index in [-0.39, 0.29) is 35.3 Å². The molecule has 160 valence electrons. The number of alkyl halides is 3. The number of carboxylic acids is 1. The third kappa shape index (κ3) is 5.35. The van der Waals surface area contributed by atoms with E-state index in [2.05, 4.69) is 15.3 Å². The Kier molecular flexibility index (Phi) is 6.19. The van der Waals surface area contributed by atoms with Gasteiger partial charge in [-0.2, -0.15) is 13.2 Å². The number of amides is 1. The van der Waals surface area contributed by atoms with Gasteiger partial charge in [0, 0.05) is 42.8 Å². The van der Waals surface area contributed by atoms with E-state index in [0.717, 1.165) is 18.5 Å². The summed E-state index contributed by atoms with van der Waals surface area (Å²) < 4.78 is 39.6. The average molecular weight is 430 g/mol. The Hall–Kier alpha value is -3.95. The third-order valence-corrected chi connectivity index (χ3v) is 4.46. The zero-order valence-corrected chi connectivity index (χ0v) is 16.0. The lowest BCUT2D eigenvalue weighted by Crippen LogP contribution is -2.17. The zero-order valence-electron chi connectivity index (χ0n) is 16.0. The van der Waals surface area contributed by atoms with Crippen LogP contribution in [0.3, 0.4) is 0 Å². The van der Waals surface area contributed by atoms with Crippen molar-refractivity contribution in [2.24, 2.45) is 5.73 Å². The number of carbonyl (C=O) groups is 2. The van der Waals surface area contributed by atoms with Crippen molar-refractivity contribution in [2.75, 3.05) is 5.32 Å². The molecule has 0 saturated carbocycles. The standard InChI is InChI=1S/C21H17F3N4O3/c22-21(23,24)17-4-5-26-9-14(17)10-28-18-8-15(27-11-16(18)19(25)29)7-12-2-1-3-13(6-12)20(30)31/h1-6,8-9,11H,7,10H2,(H2,25,29)(H,27,28)(H,30,31). The van der Waals surface area contributed by atoms with Crippen LogP contribution in [0.4, 0.5) is 18.9 Å². The molecular weight excluding hydrogens is 413 g/mol. The van der Waals surface area contributed by atoms with Crippen molar-refractivity contribution in [1.82, 2.24) is 9.97 Å². The summed E-state index contributed by atoms with van der Waals surface area (Å²) in [5, 5.41) is 11.9. The number of aromatic nitrogens is 2. The second kappa shape index (κ2) is 8.82. The fraction of sp³-hybridized carbons (Fsp3) is 0.143. The predicted molar refractivity (Wildman–Crippen MR) is 106 cm³/mol. The van der Waals surface area contributed by atoms with Gasteiger partial charge in [-0.15, -0.1) is 0 Å². The normalized spacial score (nSPS) is 11.2. The number of nitrogens with one attached hydrogen (secondary N) is 1. The SMILES string of the molecule is NC(=O)c1cnc(Cc2cccc(C(=O)O)c2)cc1NCc1cnccc1C(F)(F)F. The van der Waals surface area contributed by atoms with Crippen LogP contribution < -0.4 is 11.1 Å². The van der Waals surface area contributed by atoms with Gasteiger partial charge in [-0.1, -0.05) is 12.1 Å². The highest BCUT2D eigenvalue weighted by atomic mass is 19.4. The fourth-order valence-corrected chi connectivity index (χ4v) is 3.00. The van der Waals surface area contributed by atoms with Crippen LogP contribution in [0.25, 0.3) is 0 Å². The van der Waals surface area contributed by atoms with Gasteiger partial charge >= 0.3 is 12.1 Å². The smallest absolute Gasteiger partial charge is 0.416 e. The molecule has 1 amide bonds. The molecule has 7 nitrogen and oxygen atoms in total. The summed E-state index contributed by atoms with van der Waals surface area (Å²) >= 11 is 0. The topological polar surface area (TPSA) is 118 Å². The lowest BCUT2D eigenvalue weighted by atomic mass is 10.0. The number of nitrogens with zero attached hydrogens (tertiary/aromatic N) is 2. The lowest BCUT2D eigenvalue weighted by Gasteiger charge is -2.15. The molecule has 0 atom stereocenters. The number of rotatable bonds is 7. The van der Waals surface area contributed by atoms with Crippen LogP contribution in [0.2, 0.25) is 0 Å². The van der Waals surface area contributed by atoms with Crippen LogP contribution in [-0.4, -0.2) is 27.0 Å². The van der Waals surface area contributed by atoms with Crippen molar-refractivity contribution in [3.8, 4) is 0 Å². The summed E-state index contributed by atoms with van der Waals surface area (Å²) in [5.41, 5.74) is 5.90. The van der Waals surface area contributed by atoms with Crippen LogP contribution in [-0.2, 0) is 19.1 Å². The van der Waals surface area contributed by atoms with Crippen LogP contribution >= 0.6 is 0 Å². The van der Waals surface area contributed by atoms with Gasteiger partial charge < -0.3 is 16.2 Å². The highest BCUT2D eigenvalue weighted by molar-refractivity contribution is 5.98. The van der Waals surface area contributed by atoms with Crippen molar-refractivity contribution < 1.29 is 27.9 Å². The first-order valence-electron chi connectivity index (χ1n) is 9.00. The first-order chi connectivity index (χ1) is 14.6. The molecule has 3 rings (SSSR count). The summed E-state index contributed by atoms with van der Waals surface area (Å²) in [7, 11) is 0. The molecule has 0 saturated heterocycles. The summed E-state index contributed by atoms with van der Waals surface area (Å²) in [6.45, 7) is -0.249. The van der Waals surface area contributed by atoms with Gasteiger partial charge in [0.25, 0.3) is 5.91 Å². The number of hydrogen-bond acceptors (Lipinski definition) is 5. The van der Waals surface area contributed by atoms with E-state index < -0.39 is 23.6 Å². The molecule has 0 aliphatic carbocycles. The summed E-state index contributed by atoms with van der Waals surface area (Å²) in [6, 6.07) is 8.63. The van der Waals surface area contributed by atoms with Crippen LogP contribution in [0.5, 0.6) is 0 Å². The molecule has 4 N–H and O–H groups in total. The van der Waals surface area contributed by atoms with Gasteiger partial charge in [0.05, 0.1) is 22.4 Å². The fourth-order valence-electron chi connectivity index (χ4n) is 3.00. The Labute approximate surface area is 174 Å². The first-order valence-corrected chi connectivity index (χ1v) is 9.00. The van der Waals surface area contributed by atoms with Crippen LogP contribution in [0, 0.1) is 0 Å². The molecule has 0 bridgehead atoms. The highest BCUT2D eigenvalue weighted by Crippen LogP contribution is 2.32. The number of carbonyl (C=O) groups excluding carboxylic acids is 1. The van der Waals surface area contributed by atoms with Gasteiger partial charge in [0.15, 0.2) is 0 Å². The predicted octanol–water partition coefficient (Wildman–Crippen LogP) is 3.50. The molecule has 10 heteroatoms. The minimum absolute atomic E-state index is 0.0143. The summed E-state index contributed by atoms with van der Waals surface area (Å²) in [4.78, 5) is 30.8. The molecule has 0 spiro atoms. The Morgan fingerprint density at radius 3 is 2.58 bits per heavy atom. The minimum Gasteiger partial charge on any atom is -0.478 e. The Bertz CT molecular complexity index is 1130. The van der Waals surface area contributed by atoms with E-state index in [1.807, 2.05) is 0 Å². The van der Waals surface area contributed by atoms with Crippen molar-refractivity contribution in [2.45, 2.75) is 19.1 Å². The number of primary amides is 1. The zero-order chi connectivity index (χ0) is 22.6. The molecule has 0 aliphatic rings. The Morgan fingerprint density at radius 2 is 1.90 bits per heavy atom. The number of hydrogen-bond donors (Lipinski definition) is 3. The van der Waals surface area contributed by atoms with Crippen molar-refractivity contribution >= 4 is 17.6 Å². The number of anilines is 1. The lowest BCUT2D eigenvalue weighted by molar-refractivity contribution is -0.138. The quantitative estimate of drug-likeness (QED) is 0.528. The van der Waals surface area contributed by atoms with E-state index in [9.17, 15) is 22.8 Å². The van der Waals surface area contributed by atoms with Crippen LogP contribution in [0.15, 0.2) is 55.0 Å². The molecule has 0 unspecified atom stereocenters. The monoisotopic (exact) mass is 430 g/mol. The van der Waals surface area contributed by atoms with E-state index in [1.54, 1.807) is 12.1 Å². The van der Waals surface area contributed by atoms with Gasteiger partial charge in [0.2, 0.25) is 0 Å². The second-order valence-corrected chi connectivity index (χ2v) is 6.65. The summed E-state index contributed by atoms with van der Waals surface area (Å²) in [5.74, 6) is -1.87. The van der Waals surface area contributed by atoms with Gasteiger partial charge in [0.1, 0.15) is 0 Å². The third-order valence-electron chi connectivity index (χ3n) is 4.46. The van der Waals surface area contributed by atoms with Crippen molar-refractivity contribution in [3.05, 3.63) is 88.5 Å². The highest BCUT2D eigenvalue weighted by Gasteiger charge is 2.33. The molecule has 0 fully saturated rings.